The lowest BCUT2D eigenvalue weighted by molar-refractivity contribution is 0.0137. The highest BCUT2D eigenvalue weighted by molar-refractivity contribution is 14.0. The summed E-state index contributed by atoms with van der Waals surface area (Å²) in [7, 11) is 0. The van der Waals surface area contributed by atoms with Gasteiger partial charge in [0.25, 0.3) is 0 Å². The van der Waals surface area contributed by atoms with Gasteiger partial charge in [0.1, 0.15) is 5.60 Å². The molecule has 0 aliphatic carbocycles. The third-order valence-electron chi connectivity index (χ3n) is 5.78. The van der Waals surface area contributed by atoms with E-state index in [2.05, 4.69) is 30.0 Å². The SMILES string of the molecule is CC(C)(C)OC(=O)N1CCN2C(NCCN3CCN(c4ncccn4)CC3)=NCC2C1.I. The molecule has 1 N–H and O–H groups in total. The van der Waals surface area contributed by atoms with Crippen LogP contribution in [0.2, 0.25) is 0 Å². The van der Waals surface area contributed by atoms with E-state index in [1.54, 1.807) is 17.3 Å². The van der Waals surface area contributed by atoms with E-state index < -0.39 is 5.60 Å². The van der Waals surface area contributed by atoms with Crippen molar-refractivity contribution in [3.05, 3.63) is 18.5 Å². The first-order chi connectivity index (χ1) is 14.9. The Hall–Kier alpha value is -1.89. The van der Waals surface area contributed by atoms with Crippen molar-refractivity contribution >= 4 is 42.0 Å². The van der Waals surface area contributed by atoms with Crippen LogP contribution < -0.4 is 10.2 Å². The topological polar surface area (TPSA) is 89.4 Å². The molecule has 4 heterocycles. The van der Waals surface area contributed by atoms with E-state index in [9.17, 15) is 4.79 Å². The average molecular weight is 558 g/mol. The van der Waals surface area contributed by atoms with Gasteiger partial charge in [-0.05, 0) is 26.8 Å². The highest BCUT2D eigenvalue weighted by Gasteiger charge is 2.36. The molecule has 178 valence electrons. The minimum absolute atomic E-state index is 0. The molecule has 4 rings (SSSR count). The normalized spacial score (nSPS) is 21.5. The van der Waals surface area contributed by atoms with E-state index in [-0.39, 0.29) is 36.1 Å². The first-order valence-electron chi connectivity index (χ1n) is 11.2. The summed E-state index contributed by atoms with van der Waals surface area (Å²) in [6.07, 6.45) is 3.36. The number of ether oxygens (including phenoxy) is 1. The zero-order valence-electron chi connectivity index (χ0n) is 19.2. The summed E-state index contributed by atoms with van der Waals surface area (Å²) in [5.74, 6) is 1.78. The Morgan fingerprint density at radius 2 is 1.84 bits per heavy atom. The molecule has 1 amide bonds. The van der Waals surface area contributed by atoms with Crippen molar-refractivity contribution in [2.45, 2.75) is 32.4 Å². The summed E-state index contributed by atoms with van der Waals surface area (Å²) in [5, 5.41) is 3.51. The van der Waals surface area contributed by atoms with Gasteiger partial charge in [0.15, 0.2) is 5.96 Å². The Morgan fingerprint density at radius 3 is 2.53 bits per heavy atom. The van der Waals surface area contributed by atoms with E-state index in [1.165, 1.54) is 0 Å². The van der Waals surface area contributed by atoms with Crippen molar-refractivity contribution in [2.24, 2.45) is 4.99 Å². The first kappa shape index (κ1) is 24.7. The fraction of sp³-hybridized carbons (Fsp3) is 0.714. The Balaban J connectivity index is 0.00000289. The smallest absolute Gasteiger partial charge is 0.410 e. The number of carbonyl (C=O) groups excluding carboxylic acids is 1. The van der Waals surface area contributed by atoms with E-state index in [1.807, 2.05) is 26.8 Å². The van der Waals surface area contributed by atoms with Gasteiger partial charge in [0.2, 0.25) is 5.95 Å². The van der Waals surface area contributed by atoms with Crippen LogP contribution in [0.1, 0.15) is 20.8 Å². The molecule has 0 aromatic carbocycles. The van der Waals surface area contributed by atoms with Crippen molar-refractivity contribution in [3.8, 4) is 0 Å². The van der Waals surface area contributed by atoms with Crippen molar-refractivity contribution in [2.75, 3.05) is 70.3 Å². The fourth-order valence-corrected chi connectivity index (χ4v) is 4.17. The van der Waals surface area contributed by atoms with Crippen LogP contribution in [-0.2, 0) is 4.74 Å². The maximum atomic E-state index is 12.4. The van der Waals surface area contributed by atoms with E-state index in [0.29, 0.717) is 13.1 Å². The quantitative estimate of drug-likeness (QED) is 0.550. The molecule has 10 nitrogen and oxygen atoms in total. The summed E-state index contributed by atoms with van der Waals surface area (Å²) in [5.41, 5.74) is -0.466. The van der Waals surface area contributed by atoms with Crippen molar-refractivity contribution in [1.29, 1.82) is 0 Å². The Morgan fingerprint density at radius 1 is 1.12 bits per heavy atom. The van der Waals surface area contributed by atoms with Gasteiger partial charge in [0.05, 0.1) is 12.6 Å². The van der Waals surface area contributed by atoms with Crippen LogP contribution >= 0.6 is 24.0 Å². The summed E-state index contributed by atoms with van der Waals surface area (Å²) in [4.78, 5) is 34.5. The fourth-order valence-electron chi connectivity index (χ4n) is 4.17. The predicted molar refractivity (Wildman–Crippen MR) is 135 cm³/mol. The standard InChI is InChI=1S/C21H34N8O2.HI/c1-21(2,3)31-20(30)28-13-14-29-17(16-28)15-25-19(29)24-7-8-26-9-11-27(12-10-26)18-22-5-4-6-23-18;/h4-6,17H,7-16H2,1-3H3,(H,24,25);1H. The van der Waals surface area contributed by atoms with Gasteiger partial charge in [-0.3, -0.25) is 9.89 Å². The van der Waals surface area contributed by atoms with Gasteiger partial charge in [-0.25, -0.2) is 14.8 Å². The van der Waals surface area contributed by atoms with Crippen LogP contribution in [-0.4, -0.2) is 114 Å². The number of aromatic nitrogens is 2. The van der Waals surface area contributed by atoms with E-state index in [0.717, 1.165) is 64.3 Å². The number of nitrogens with one attached hydrogen (secondary N) is 1. The largest absolute Gasteiger partial charge is 0.444 e. The summed E-state index contributed by atoms with van der Waals surface area (Å²) in [6.45, 7) is 14.3. The number of guanidine groups is 1. The van der Waals surface area contributed by atoms with Gasteiger partial charge < -0.3 is 24.8 Å². The second-order valence-corrected chi connectivity index (χ2v) is 9.24. The second kappa shape index (κ2) is 10.8. The number of nitrogens with zero attached hydrogens (tertiary/aromatic N) is 7. The van der Waals surface area contributed by atoms with Crippen LogP contribution in [0.15, 0.2) is 23.5 Å². The molecular formula is C21H35IN8O2. The number of halogens is 1. The molecule has 2 saturated heterocycles. The van der Waals surface area contributed by atoms with Gasteiger partial charge in [-0.1, -0.05) is 0 Å². The molecule has 3 aliphatic heterocycles. The minimum atomic E-state index is -0.466. The number of anilines is 1. The number of carbonyl (C=O) groups is 1. The molecule has 32 heavy (non-hydrogen) atoms. The van der Waals surface area contributed by atoms with Crippen LogP contribution in [0.3, 0.4) is 0 Å². The van der Waals surface area contributed by atoms with Gasteiger partial charge in [0, 0.05) is 71.3 Å². The summed E-state index contributed by atoms with van der Waals surface area (Å²) < 4.78 is 5.52. The lowest BCUT2D eigenvalue weighted by atomic mass is 10.2. The molecule has 2 fully saturated rings. The predicted octanol–water partition coefficient (Wildman–Crippen LogP) is 1.10. The van der Waals surface area contributed by atoms with E-state index >= 15 is 0 Å². The number of amides is 1. The van der Waals surface area contributed by atoms with Crippen LogP contribution in [0.5, 0.6) is 0 Å². The summed E-state index contributed by atoms with van der Waals surface area (Å²) >= 11 is 0. The first-order valence-corrected chi connectivity index (χ1v) is 11.2. The molecule has 1 atom stereocenters. The Kier molecular flexibility index (Phi) is 8.37. The van der Waals surface area contributed by atoms with Crippen LogP contribution in [0.4, 0.5) is 10.7 Å². The van der Waals surface area contributed by atoms with Gasteiger partial charge in [-0.15, -0.1) is 24.0 Å². The number of hydrogen-bond acceptors (Lipinski definition) is 9. The van der Waals surface area contributed by atoms with Gasteiger partial charge in [-0.2, -0.15) is 0 Å². The minimum Gasteiger partial charge on any atom is -0.444 e. The van der Waals surface area contributed by atoms with Crippen molar-refractivity contribution in [1.82, 2.24) is 30.0 Å². The van der Waals surface area contributed by atoms with Crippen molar-refractivity contribution < 1.29 is 9.53 Å². The number of aliphatic imine (C=N–C) groups is 1. The second-order valence-electron chi connectivity index (χ2n) is 9.24. The highest BCUT2D eigenvalue weighted by Crippen LogP contribution is 2.18. The number of rotatable bonds is 4. The number of hydrogen-bond donors (Lipinski definition) is 1. The zero-order valence-corrected chi connectivity index (χ0v) is 21.6. The van der Waals surface area contributed by atoms with E-state index in [4.69, 9.17) is 9.73 Å². The molecule has 0 spiro atoms. The molecule has 1 aromatic rings. The maximum absolute atomic E-state index is 12.4. The Bertz CT molecular complexity index is 780. The average Bonchev–Trinajstić information content (AvgIpc) is 3.16. The lowest BCUT2D eigenvalue weighted by Gasteiger charge is -2.39. The van der Waals surface area contributed by atoms with Crippen LogP contribution in [0, 0.1) is 0 Å². The van der Waals surface area contributed by atoms with Gasteiger partial charge >= 0.3 is 6.09 Å². The molecule has 1 aromatic heterocycles. The highest BCUT2D eigenvalue weighted by atomic mass is 127. The van der Waals surface area contributed by atoms with Crippen molar-refractivity contribution in [3.63, 3.8) is 0 Å². The number of piperazine rings is 2. The third-order valence-corrected chi connectivity index (χ3v) is 5.78. The molecule has 11 heteroatoms. The molecule has 0 bridgehead atoms. The molecule has 1 unspecified atom stereocenters. The lowest BCUT2D eigenvalue weighted by Crippen LogP contribution is -2.58. The Labute approximate surface area is 207 Å². The maximum Gasteiger partial charge on any atom is 0.410 e. The molecule has 0 radical (unpaired) electrons. The number of fused-ring (bicyclic) bond motifs is 1. The van der Waals surface area contributed by atoms with Crippen LogP contribution in [0.25, 0.3) is 0 Å². The third kappa shape index (κ3) is 6.33. The summed E-state index contributed by atoms with van der Waals surface area (Å²) in [6, 6.07) is 2.08. The molecule has 3 aliphatic rings. The molecular weight excluding hydrogens is 523 g/mol. The monoisotopic (exact) mass is 558 g/mol. The molecule has 0 saturated carbocycles. The zero-order chi connectivity index (χ0) is 21.8.